The largest absolute Gasteiger partial charge is 0.481 e. The maximum absolute atomic E-state index is 11.1. The van der Waals surface area contributed by atoms with E-state index in [9.17, 15) is 9.59 Å². The molecule has 37 heavy (non-hydrogen) atoms. The number of hydrogen-bond donors (Lipinski definition) is 1. The van der Waals surface area contributed by atoms with Gasteiger partial charge in [-0.1, -0.05) is 72.1 Å². The summed E-state index contributed by atoms with van der Waals surface area (Å²) in [4.78, 5) is 21.0. The quantitative estimate of drug-likeness (QED) is 0.170. The van der Waals surface area contributed by atoms with Crippen molar-refractivity contribution < 1.29 is 32.7 Å². The van der Waals surface area contributed by atoms with Crippen molar-refractivity contribution in [2.45, 2.75) is 11.2 Å². The van der Waals surface area contributed by atoms with E-state index >= 15 is 0 Å². The molecule has 1 N–H and O–H groups in total. The Labute approximate surface area is 348 Å². The molecular weight excluding hydrogens is 2160 g/mol. The van der Waals surface area contributed by atoms with Gasteiger partial charge in [-0.25, -0.2) is 0 Å². The fourth-order valence-electron chi connectivity index (χ4n) is 1.74. The summed E-state index contributed by atoms with van der Waals surface area (Å²) in [5.74, 6) is -1.10. The predicted octanol–water partition coefficient (Wildman–Crippen LogP) is 12.8. The number of rotatable bonds is 7. The van der Waals surface area contributed by atoms with Crippen molar-refractivity contribution in [2.75, 3.05) is 7.11 Å². The molecule has 2 rings (SSSR count). The average Bonchev–Trinajstić information content (AvgIpc) is 2.83. The number of carbonyl (C=O) groups is 2. The number of esters is 1. The van der Waals surface area contributed by atoms with Crippen molar-refractivity contribution in [3.8, 4) is 0 Å². The monoisotopic (exact) mass is 2170 g/mol. The number of alkyl halides is 1. The summed E-state index contributed by atoms with van der Waals surface area (Å²) in [6.45, 7) is 0. The molecule has 0 aliphatic rings. The van der Waals surface area contributed by atoms with Gasteiger partial charge in [-0.2, -0.15) is 0 Å². The summed E-state index contributed by atoms with van der Waals surface area (Å²) in [5.41, 5.74) is 1.69. The minimum Gasteiger partial charge on any atom is -0.481 e. The van der Waals surface area contributed by atoms with Crippen LogP contribution in [0.2, 0.25) is 0 Å². The van der Waals surface area contributed by atoms with Gasteiger partial charge in [0.05, 0.1) is 13.5 Å². The third-order valence-corrected chi connectivity index (χ3v) is 418. The van der Waals surface area contributed by atoms with E-state index in [1.54, 1.807) is 12.1 Å². The fraction of sp³-hybridized carbons (Fsp3) is 0.176. The fourth-order valence-corrected chi connectivity index (χ4v) is 213. The molecular formula is C17H15Br3I13O4-. The van der Waals surface area contributed by atoms with Crippen molar-refractivity contribution in [3.05, 3.63) is 68.6 Å². The van der Waals surface area contributed by atoms with Crippen LogP contribution < -0.4 is 13.3 Å². The van der Waals surface area contributed by atoms with E-state index in [1.807, 2.05) is 36.4 Å². The number of ether oxygens (including phenoxy) is 1. The third-order valence-electron chi connectivity index (χ3n) is 3.00. The Balaban J connectivity index is 0. The van der Waals surface area contributed by atoms with E-state index in [1.165, 1.54) is 7.11 Å². The standard InChI is InChI=1S/C9H8Br2O2.C8H7BrO2.I7.I6/c1-13-9(12)8(11)6-3-2-4-7(10)5-6;9-7-3-1-2-6(4-7)5-8(10)11;1-5-7(4)6(2)3;1-5(2)6(3)4/h2-5,8H,1H3;1-4H,5H2,(H,10,11);;/q;;-1;. The Morgan fingerprint density at radius 2 is 1.41 bits per heavy atom. The van der Waals surface area contributed by atoms with Crippen LogP contribution in [0.15, 0.2) is 57.5 Å². The molecule has 2 aromatic carbocycles. The SMILES string of the molecule is COC(=O)C(Br)c1cccc(Br)c1.II(I)I(I)I.I[I-]I(I)I(I)I.O=C(O)Cc1cccc(Br)c1. The second-order valence-electron chi connectivity index (χ2n) is 5.34. The van der Waals surface area contributed by atoms with Gasteiger partial charge in [0.2, 0.25) is 0 Å². The zero-order valence-corrected chi connectivity index (χ0v) is 50.4. The van der Waals surface area contributed by atoms with E-state index in [4.69, 9.17) is 5.11 Å². The first kappa shape index (κ1) is 47.4. The molecule has 0 amide bonds. The number of benzene rings is 2. The second kappa shape index (κ2) is 30.4. The number of aliphatic carboxylic acids is 1. The van der Waals surface area contributed by atoms with Crippen molar-refractivity contribution in [1.29, 1.82) is 0 Å². The first-order chi connectivity index (χ1) is 17.2. The molecule has 1 atom stereocenters. The van der Waals surface area contributed by atoms with E-state index < -0.39 is 10.8 Å². The number of halogens is 16. The summed E-state index contributed by atoms with van der Waals surface area (Å²) in [7, 11) is 0.251. The van der Waals surface area contributed by atoms with Gasteiger partial charge >= 0.3 is 206 Å². The molecule has 0 heterocycles. The molecule has 0 saturated carbocycles. The Kier molecular flexibility index (Phi) is 38.9. The Hall–Kier alpha value is 8.31. The first-order valence-corrected chi connectivity index (χ1v) is 80.0. The topological polar surface area (TPSA) is 63.6 Å². The van der Waals surface area contributed by atoms with Crippen LogP contribution in [0.25, 0.3) is 0 Å². The van der Waals surface area contributed by atoms with Crippen LogP contribution in [-0.2, 0) is 20.7 Å². The summed E-state index contributed by atoms with van der Waals surface area (Å²) in [6, 6.07) is 14.8. The number of hydrogen-bond acceptors (Lipinski definition) is 3. The molecule has 0 fully saturated rings. The summed E-state index contributed by atoms with van der Waals surface area (Å²) < 4.78 is 6.46. The molecule has 2 aromatic rings. The van der Waals surface area contributed by atoms with Gasteiger partial charge in [0.25, 0.3) is 0 Å². The van der Waals surface area contributed by atoms with Gasteiger partial charge < -0.3 is 9.84 Å². The zero-order chi connectivity index (χ0) is 29.1. The van der Waals surface area contributed by atoms with Crippen LogP contribution >= 0.6 is 228 Å². The van der Waals surface area contributed by atoms with Crippen LogP contribution in [-0.4, -0.2) is 24.2 Å². The zero-order valence-electron chi connectivity index (χ0n) is 17.6. The number of carbonyl (C=O) groups excluding carboxylic acids is 1. The molecule has 4 nitrogen and oxygen atoms in total. The minimum atomic E-state index is -0.803. The Morgan fingerprint density at radius 3 is 1.73 bits per heavy atom. The van der Waals surface area contributed by atoms with E-state index in [-0.39, 0.29) is 44.0 Å². The first-order valence-electron chi connectivity index (χ1n) is 8.34. The number of methoxy groups -OCH3 is 1. The molecule has 0 radical (unpaired) electrons. The molecule has 0 saturated heterocycles. The van der Waals surface area contributed by atoms with Gasteiger partial charge in [0.15, 0.2) is 0 Å². The summed E-state index contributed by atoms with van der Waals surface area (Å²) in [6.07, 6.45) is 0.0828. The summed E-state index contributed by atoms with van der Waals surface area (Å²) in [5, 5.41) is 8.44. The van der Waals surface area contributed by atoms with Crippen molar-refractivity contribution in [2.24, 2.45) is 0 Å². The van der Waals surface area contributed by atoms with Crippen LogP contribution in [0.3, 0.4) is 0 Å². The second-order valence-corrected chi connectivity index (χ2v) is 219. The maximum atomic E-state index is 11.1. The van der Waals surface area contributed by atoms with Gasteiger partial charge in [-0.15, -0.1) is 0 Å². The van der Waals surface area contributed by atoms with Gasteiger partial charge in [-0.05, 0) is 35.4 Å². The molecule has 1 unspecified atom stereocenters. The molecule has 0 aliphatic heterocycles. The van der Waals surface area contributed by atoms with Gasteiger partial charge in [0.1, 0.15) is 4.83 Å². The average molecular weight is 2170 g/mol. The molecule has 0 aromatic heterocycles. The van der Waals surface area contributed by atoms with Crippen LogP contribution in [0.4, 0.5) is 0 Å². The molecule has 20 heteroatoms. The number of carboxylic acid groups (broad SMARTS) is 1. The van der Waals surface area contributed by atoms with E-state index in [0.29, 0.717) is 13.3 Å². The van der Waals surface area contributed by atoms with Crippen molar-refractivity contribution >= 4 is 240 Å². The molecule has 220 valence electrons. The van der Waals surface area contributed by atoms with Gasteiger partial charge in [0, 0.05) is 8.95 Å². The predicted molar refractivity (Wildman–Crippen MR) is 272 cm³/mol. The molecule has 0 bridgehead atoms. The van der Waals surface area contributed by atoms with Gasteiger partial charge in [-0.3, -0.25) is 9.59 Å². The van der Waals surface area contributed by atoms with E-state index in [0.717, 1.165) is 20.1 Å². The minimum absolute atomic E-state index is 0.0828. The number of carboxylic acids is 1. The smallest absolute Gasteiger partial charge is 0.307 e. The Bertz CT molecular complexity index is 922. The van der Waals surface area contributed by atoms with Crippen molar-refractivity contribution in [3.63, 3.8) is 0 Å². The third kappa shape index (κ3) is 29.0. The van der Waals surface area contributed by atoms with Crippen LogP contribution in [0, 0.1) is 0 Å². The van der Waals surface area contributed by atoms with Crippen LogP contribution in [0.5, 0.6) is 0 Å². The Morgan fingerprint density at radius 1 is 0.919 bits per heavy atom. The molecule has 0 spiro atoms. The maximum Gasteiger partial charge on any atom is 0.307 e. The normalized spacial score (nSPS) is 12.1. The molecule has 0 aliphatic carbocycles. The van der Waals surface area contributed by atoms with Crippen LogP contribution in [0.1, 0.15) is 16.0 Å². The van der Waals surface area contributed by atoms with E-state index in [2.05, 4.69) is 201 Å². The van der Waals surface area contributed by atoms with Crippen molar-refractivity contribution in [1.82, 2.24) is 0 Å². The summed E-state index contributed by atoms with van der Waals surface area (Å²) >= 11 is 31.8.